The maximum Gasteiger partial charge on any atom is -0.00132 e. The highest BCUT2D eigenvalue weighted by atomic mass is 15.1. The van der Waals surface area contributed by atoms with Gasteiger partial charge in [-0.2, -0.15) is 0 Å². The highest BCUT2D eigenvalue weighted by molar-refractivity contribution is 4.80. The number of likely N-dealkylation sites (tertiary alicyclic amines) is 1. The van der Waals surface area contributed by atoms with Crippen molar-refractivity contribution in [1.82, 2.24) is 4.90 Å². The molecule has 108 valence electrons. The van der Waals surface area contributed by atoms with Gasteiger partial charge in [0.2, 0.25) is 0 Å². The molecule has 0 spiro atoms. The van der Waals surface area contributed by atoms with Crippen LogP contribution in [0.15, 0.2) is 0 Å². The first-order valence-electron chi connectivity index (χ1n) is 7.67. The monoisotopic (exact) mass is 254 g/mol. The Morgan fingerprint density at radius 1 is 1.06 bits per heavy atom. The molecule has 0 aromatic carbocycles. The van der Waals surface area contributed by atoms with Gasteiger partial charge in [-0.25, -0.2) is 0 Å². The lowest BCUT2D eigenvalue weighted by Crippen LogP contribution is -2.32. The van der Waals surface area contributed by atoms with Gasteiger partial charge in [-0.3, -0.25) is 0 Å². The van der Waals surface area contributed by atoms with E-state index in [0.29, 0.717) is 10.8 Å². The summed E-state index contributed by atoms with van der Waals surface area (Å²) in [7, 11) is 0. The van der Waals surface area contributed by atoms with Gasteiger partial charge >= 0.3 is 0 Å². The van der Waals surface area contributed by atoms with Gasteiger partial charge in [-0.05, 0) is 68.6 Å². The second-order valence-electron chi connectivity index (χ2n) is 7.95. The van der Waals surface area contributed by atoms with E-state index < -0.39 is 0 Å². The average Bonchev–Trinajstić information content (AvgIpc) is 2.51. The molecule has 1 aliphatic heterocycles. The van der Waals surface area contributed by atoms with Gasteiger partial charge in [0.15, 0.2) is 0 Å². The predicted molar refractivity (Wildman–Crippen MR) is 80.7 cm³/mol. The third-order valence-corrected chi connectivity index (χ3v) is 4.70. The van der Waals surface area contributed by atoms with Crippen LogP contribution < -0.4 is 5.73 Å². The Balaban J connectivity index is 2.38. The lowest BCUT2D eigenvalue weighted by molar-refractivity contribution is 0.197. The van der Waals surface area contributed by atoms with E-state index >= 15 is 0 Å². The fraction of sp³-hybridized carbons (Fsp3) is 1.00. The average molecular weight is 254 g/mol. The van der Waals surface area contributed by atoms with Crippen LogP contribution in [0.5, 0.6) is 0 Å². The minimum absolute atomic E-state index is 0.301. The van der Waals surface area contributed by atoms with Gasteiger partial charge in [0.05, 0.1) is 0 Å². The van der Waals surface area contributed by atoms with Gasteiger partial charge in [0.25, 0.3) is 0 Å². The van der Waals surface area contributed by atoms with Gasteiger partial charge in [-0.1, -0.05) is 34.6 Å². The minimum Gasteiger partial charge on any atom is -0.330 e. The van der Waals surface area contributed by atoms with E-state index in [-0.39, 0.29) is 0 Å². The Morgan fingerprint density at radius 2 is 1.72 bits per heavy atom. The molecule has 1 aliphatic rings. The Labute approximate surface area is 114 Å². The lowest BCUT2D eigenvalue weighted by Gasteiger charge is -2.30. The Kier molecular flexibility index (Phi) is 5.67. The summed E-state index contributed by atoms with van der Waals surface area (Å²) >= 11 is 0. The van der Waals surface area contributed by atoms with Crippen LogP contribution in [0.1, 0.15) is 60.3 Å². The molecule has 1 heterocycles. The molecule has 0 aromatic heterocycles. The Morgan fingerprint density at radius 3 is 2.28 bits per heavy atom. The first-order chi connectivity index (χ1) is 8.24. The van der Waals surface area contributed by atoms with Crippen LogP contribution in [0, 0.1) is 16.7 Å². The SMILES string of the molecule is CC(C)(CN)CCN1CCCC(C(C)(C)C)CC1. The molecular formula is C16H34N2. The quantitative estimate of drug-likeness (QED) is 0.832. The van der Waals surface area contributed by atoms with E-state index in [9.17, 15) is 0 Å². The number of nitrogens with zero attached hydrogens (tertiary/aromatic N) is 1. The van der Waals surface area contributed by atoms with Gasteiger partial charge in [0, 0.05) is 0 Å². The largest absolute Gasteiger partial charge is 0.330 e. The van der Waals surface area contributed by atoms with Gasteiger partial charge < -0.3 is 10.6 Å². The van der Waals surface area contributed by atoms with Crippen LogP contribution in [0.2, 0.25) is 0 Å². The molecule has 2 N–H and O–H groups in total. The molecule has 1 saturated heterocycles. The normalized spacial score (nSPS) is 24.0. The first-order valence-corrected chi connectivity index (χ1v) is 7.67. The van der Waals surface area contributed by atoms with E-state index in [1.807, 2.05) is 0 Å². The summed E-state index contributed by atoms with van der Waals surface area (Å²) in [6.07, 6.45) is 5.36. The van der Waals surface area contributed by atoms with Crippen LogP contribution >= 0.6 is 0 Å². The molecule has 1 atom stereocenters. The minimum atomic E-state index is 0.301. The zero-order chi connectivity index (χ0) is 13.8. The summed E-state index contributed by atoms with van der Waals surface area (Å²) in [4.78, 5) is 2.66. The smallest absolute Gasteiger partial charge is 0.00132 e. The van der Waals surface area contributed by atoms with Crippen molar-refractivity contribution >= 4 is 0 Å². The van der Waals surface area contributed by atoms with Crippen molar-refractivity contribution in [2.75, 3.05) is 26.2 Å². The van der Waals surface area contributed by atoms with Gasteiger partial charge in [-0.15, -0.1) is 0 Å². The molecule has 0 radical (unpaired) electrons. The summed E-state index contributed by atoms with van der Waals surface area (Å²) in [6, 6.07) is 0. The Hall–Kier alpha value is -0.0800. The maximum atomic E-state index is 5.81. The molecule has 0 bridgehead atoms. The molecule has 0 aromatic rings. The standard InChI is InChI=1S/C16H34N2/c1-15(2,3)14-7-6-10-18(11-8-14)12-9-16(4,5)13-17/h14H,6-13,17H2,1-5H3. The van der Waals surface area contributed by atoms with Crippen molar-refractivity contribution in [1.29, 1.82) is 0 Å². The van der Waals surface area contributed by atoms with E-state index in [1.165, 1.54) is 45.3 Å². The summed E-state index contributed by atoms with van der Waals surface area (Å²) < 4.78 is 0. The second-order valence-corrected chi connectivity index (χ2v) is 7.95. The van der Waals surface area contributed by atoms with Crippen molar-refractivity contribution in [2.24, 2.45) is 22.5 Å². The Bertz CT molecular complexity index is 240. The first kappa shape index (κ1) is 16.0. The highest BCUT2D eigenvalue weighted by Gasteiger charge is 2.27. The summed E-state index contributed by atoms with van der Waals surface area (Å²) in [5.41, 5.74) is 6.59. The number of rotatable bonds is 4. The molecule has 2 heteroatoms. The van der Waals surface area contributed by atoms with Crippen LogP contribution in [-0.4, -0.2) is 31.1 Å². The van der Waals surface area contributed by atoms with Crippen LogP contribution in [0.4, 0.5) is 0 Å². The molecule has 1 rings (SSSR count). The molecule has 0 amide bonds. The van der Waals surface area contributed by atoms with Crippen LogP contribution in [0.3, 0.4) is 0 Å². The second kappa shape index (κ2) is 6.38. The molecule has 0 aliphatic carbocycles. The fourth-order valence-corrected chi connectivity index (χ4v) is 2.81. The van der Waals surface area contributed by atoms with Crippen molar-refractivity contribution in [2.45, 2.75) is 60.3 Å². The lowest BCUT2D eigenvalue weighted by atomic mass is 9.77. The third kappa shape index (κ3) is 5.27. The van der Waals surface area contributed by atoms with E-state index in [4.69, 9.17) is 5.73 Å². The van der Waals surface area contributed by atoms with Crippen molar-refractivity contribution in [3.8, 4) is 0 Å². The molecule has 1 fully saturated rings. The van der Waals surface area contributed by atoms with Gasteiger partial charge in [0.1, 0.15) is 0 Å². The topological polar surface area (TPSA) is 29.3 Å². The van der Waals surface area contributed by atoms with E-state index in [2.05, 4.69) is 39.5 Å². The molecule has 2 nitrogen and oxygen atoms in total. The fourth-order valence-electron chi connectivity index (χ4n) is 2.81. The van der Waals surface area contributed by atoms with Crippen molar-refractivity contribution < 1.29 is 0 Å². The molecule has 1 unspecified atom stereocenters. The molecule has 18 heavy (non-hydrogen) atoms. The van der Waals surface area contributed by atoms with Crippen molar-refractivity contribution in [3.63, 3.8) is 0 Å². The highest BCUT2D eigenvalue weighted by Crippen LogP contribution is 2.34. The number of nitrogens with two attached hydrogens (primary N) is 1. The summed E-state index contributed by atoms with van der Waals surface area (Å²) in [5.74, 6) is 0.894. The zero-order valence-electron chi connectivity index (χ0n) is 13.3. The zero-order valence-corrected chi connectivity index (χ0v) is 13.3. The van der Waals surface area contributed by atoms with E-state index in [1.54, 1.807) is 0 Å². The predicted octanol–water partition coefficient (Wildman–Crippen LogP) is 3.51. The third-order valence-electron chi connectivity index (χ3n) is 4.70. The van der Waals surface area contributed by atoms with E-state index in [0.717, 1.165) is 12.5 Å². The number of hydrogen-bond acceptors (Lipinski definition) is 2. The molecule has 0 saturated carbocycles. The maximum absolute atomic E-state index is 5.81. The number of hydrogen-bond donors (Lipinski definition) is 1. The van der Waals surface area contributed by atoms with Crippen LogP contribution in [-0.2, 0) is 0 Å². The summed E-state index contributed by atoms with van der Waals surface area (Å²) in [6.45, 7) is 16.3. The molecular weight excluding hydrogens is 220 g/mol. The van der Waals surface area contributed by atoms with Crippen LogP contribution in [0.25, 0.3) is 0 Å². The summed E-state index contributed by atoms with van der Waals surface area (Å²) in [5, 5.41) is 0. The van der Waals surface area contributed by atoms with Crippen molar-refractivity contribution in [3.05, 3.63) is 0 Å².